The van der Waals surface area contributed by atoms with Crippen molar-refractivity contribution in [2.45, 2.75) is 24.7 Å². The van der Waals surface area contributed by atoms with E-state index in [1.54, 1.807) is 18.3 Å². The highest BCUT2D eigenvalue weighted by Crippen LogP contribution is 2.55. The van der Waals surface area contributed by atoms with Crippen LogP contribution in [0.4, 0.5) is 0 Å². The number of benzene rings is 3. The molecule has 3 aromatic carbocycles. The van der Waals surface area contributed by atoms with Crippen LogP contribution in [0.2, 0.25) is 0 Å². The van der Waals surface area contributed by atoms with Gasteiger partial charge in [0, 0.05) is 16.0 Å². The number of fused-ring (bicyclic) bond motifs is 3. The zero-order chi connectivity index (χ0) is 22.3. The third-order valence-corrected chi connectivity index (χ3v) is 7.09. The van der Waals surface area contributed by atoms with Gasteiger partial charge in [0.15, 0.2) is 5.60 Å². The SMILES string of the molecule is CC(OC1(c2cccs2)c2ccccc2-c2ccc(-c3ccccc3)cc21)[C@H](N)C(=O)O. The van der Waals surface area contributed by atoms with Crippen LogP contribution in [-0.4, -0.2) is 23.2 Å². The quantitative estimate of drug-likeness (QED) is 0.414. The van der Waals surface area contributed by atoms with Crippen LogP contribution in [0.1, 0.15) is 22.9 Å². The molecular formula is C27H23NO3S. The Kier molecular flexibility index (Phi) is 5.18. The molecular weight excluding hydrogens is 418 g/mol. The van der Waals surface area contributed by atoms with E-state index < -0.39 is 23.7 Å². The number of carboxylic acid groups (broad SMARTS) is 1. The third kappa shape index (κ3) is 3.17. The van der Waals surface area contributed by atoms with E-state index in [0.717, 1.165) is 38.3 Å². The van der Waals surface area contributed by atoms with E-state index in [9.17, 15) is 9.90 Å². The number of hydrogen-bond donors (Lipinski definition) is 2. The second-order valence-corrected chi connectivity index (χ2v) is 8.97. The first-order valence-corrected chi connectivity index (χ1v) is 11.4. The van der Waals surface area contributed by atoms with Gasteiger partial charge in [-0.1, -0.05) is 72.8 Å². The standard InChI is InChI=1S/C27H23NO3S/c1-17(25(28)26(29)30)31-27(24-12-7-15-32-24)22-11-6-5-10-20(22)21-14-13-19(16-23(21)27)18-8-3-2-4-9-18/h2-17,25H,28H2,1H3,(H,29,30)/t17?,25-,27?/m0/s1. The molecule has 0 fully saturated rings. The number of aliphatic carboxylic acids is 1. The van der Waals surface area contributed by atoms with Gasteiger partial charge in [0.05, 0.1) is 6.10 Å². The molecule has 0 bridgehead atoms. The molecule has 0 saturated carbocycles. The fourth-order valence-electron chi connectivity index (χ4n) is 4.53. The van der Waals surface area contributed by atoms with E-state index in [1.165, 1.54) is 0 Å². The van der Waals surface area contributed by atoms with E-state index in [4.69, 9.17) is 10.5 Å². The van der Waals surface area contributed by atoms with Crippen molar-refractivity contribution in [3.05, 3.63) is 106 Å². The lowest BCUT2D eigenvalue weighted by Gasteiger charge is -2.35. The van der Waals surface area contributed by atoms with Crippen molar-refractivity contribution < 1.29 is 14.6 Å². The number of carboxylic acids is 1. The molecule has 0 spiro atoms. The molecule has 1 aliphatic carbocycles. The van der Waals surface area contributed by atoms with Crippen molar-refractivity contribution in [1.82, 2.24) is 0 Å². The summed E-state index contributed by atoms with van der Waals surface area (Å²) in [7, 11) is 0. The zero-order valence-electron chi connectivity index (χ0n) is 17.6. The number of hydrogen-bond acceptors (Lipinski definition) is 4. The molecule has 1 aliphatic rings. The summed E-state index contributed by atoms with van der Waals surface area (Å²) in [5, 5.41) is 11.5. The van der Waals surface area contributed by atoms with Crippen LogP contribution < -0.4 is 5.73 Å². The van der Waals surface area contributed by atoms with Gasteiger partial charge >= 0.3 is 5.97 Å². The summed E-state index contributed by atoms with van der Waals surface area (Å²) in [6.45, 7) is 1.73. The number of ether oxygens (including phenoxy) is 1. The van der Waals surface area contributed by atoms with Crippen LogP contribution in [0.15, 0.2) is 90.3 Å². The molecule has 0 radical (unpaired) electrons. The summed E-state index contributed by atoms with van der Waals surface area (Å²) in [6, 6.07) is 27.7. The number of rotatable bonds is 6. The molecule has 0 amide bonds. The number of carbonyl (C=O) groups is 1. The summed E-state index contributed by atoms with van der Waals surface area (Å²) in [5.74, 6) is -1.08. The van der Waals surface area contributed by atoms with Gasteiger partial charge in [-0.3, -0.25) is 4.79 Å². The second kappa shape index (κ2) is 8.02. The molecule has 32 heavy (non-hydrogen) atoms. The molecule has 5 rings (SSSR count). The highest BCUT2D eigenvalue weighted by molar-refractivity contribution is 7.10. The second-order valence-electron chi connectivity index (χ2n) is 8.02. The fourth-order valence-corrected chi connectivity index (χ4v) is 5.43. The molecule has 3 N–H and O–H groups in total. The Bertz CT molecular complexity index is 1270. The average molecular weight is 442 g/mol. The molecule has 2 unspecified atom stereocenters. The minimum atomic E-state index is -1.14. The highest BCUT2D eigenvalue weighted by atomic mass is 32.1. The lowest BCUT2D eigenvalue weighted by Crippen LogP contribution is -2.46. The van der Waals surface area contributed by atoms with Gasteiger partial charge in [-0.15, -0.1) is 11.3 Å². The minimum Gasteiger partial charge on any atom is -0.480 e. The maximum absolute atomic E-state index is 11.6. The van der Waals surface area contributed by atoms with E-state index in [1.807, 2.05) is 47.8 Å². The lowest BCUT2D eigenvalue weighted by molar-refractivity contribution is -0.144. The van der Waals surface area contributed by atoms with Crippen LogP contribution in [0, 0.1) is 0 Å². The maximum Gasteiger partial charge on any atom is 0.323 e. The molecule has 0 aliphatic heterocycles. The Balaban J connectivity index is 1.77. The minimum absolute atomic E-state index is 0.714. The monoisotopic (exact) mass is 441 g/mol. The summed E-state index contributed by atoms with van der Waals surface area (Å²) in [5.41, 5.74) is 11.4. The van der Waals surface area contributed by atoms with Gasteiger partial charge in [-0.05, 0) is 46.7 Å². The highest BCUT2D eigenvalue weighted by Gasteiger charge is 2.48. The zero-order valence-corrected chi connectivity index (χ0v) is 18.4. The van der Waals surface area contributed by atoms with E-state index in [2.05, 4.69) is 42.5 Å². The van der Waals surface area contributed by atoms with Crippen LogP contribution in [-0.2, 0) is 15.1 Å². The smallest absolute Gasteiger partial charge is 0.323 e. The summed E-state index contributed by atoms with van der Waals surface area (Å²) >= 11 is 1.60. The van der Waals surface area contributed by atoms with Gasteiger partial charge < -0.3 is 15.6 Å². The first-order chi connectivity index (χ1) is 15.5. The molecule has 1 heterocycles. The Morgan fingerprint density at radius 2 is 1.62 bits per heavy atom. The maximum atomic E-state index is 11.6. The average Bonchev–Trinajstić information content (AvgIpc) is 3.45. The van der Waals surface area contributed by atoms with Crippen LogP contribution in [0.3, 0.4) is 0 Å². The predicted octanol–water partition coefficient (Wildman–Crippen LogP) is 5.50. The molecule has 0 saturated heterocycles. The topological polar surface area (TPSA) is 72.5 Å². The first kappa shape index (κ1) is 20.6. The van der Waals surface area contributed by atoms with Crippen molar-refractivity contribution in [1.29, 1.82) is 0 Å². The van der Waals surface area contributed by atoms with Crippen molar-refractivity contribution in [2.75, 3.05) is 0 Å². The predicted molar refractivity (Wildman–Crippen MR) is 128 cm³/mol. The van der Waals surface area contributed by atoms with Crippen molar-refractivity contribution >= 4 is 17.3 Å². The molecule has 4 nitrogen and oxygen atoms in total. The summed E-state index contributed by atoms with van der Waals surface area (Å²) in [6.07, 6.45) is -0.714. The Morgan fingerprint density at radius 3 is 2.34 bits per heavy atom. The van der Waals surface area contributed by atoms with Crippen LogP contribution >= 0.6 is 11.3 Å². The van der Waals surface area contributed by atoms with E-state index in [0.29, 0.717) is 0 Å². The lowest BCUT2D eigenvalue weighted by atomic mass is 9.87. The van der Waals surface area contributed by atoms with Crippen molar-refractivity contribution in [2.24, 2.45) is 5.73 Å². The van der Waals surface area contributed by atoms with Gasteiger partial charge in [0.2, 0.25) is 0 Å². The molecule has 3 atom stereocenters. The van der Waals surface area contributed by atoms with Crippen molar-refractivity contribution in [3.63, 3.8) is 0 Å². The Morgan fingerprint density at radius 1 is 0.906 bits per heavy atom. The van der Waals surface area contributed by atoms with E-state index >= 15 is 0 Å². The van der Waals surface area contributed by atoms with Crippen molar-refractivity contribution in [3.8, 4) is 22.3 Å². The van der Waals surface area contributed by atoms with Gasteiger partial charge in [0.25, 0.3) is 0 Å². The van der Waals surface area contributed by atoms with Gasteiger partial charge in [-0.2, -0.15) is 0 Å². The molecule has 160 valence electrons. The van der Waals surface area contributed by atoms with E-state index in [-0.39, 0.29) is 0 Å². The van der Waals surface area contributed by atoms with Crippen LogP contribution in [0.25, 0.3) is 22.3 Å². The number of nitrogens with two attached hydrogens (primary N) is 1. The molecule has 5 heteroatoms. The largest absolute Gasteiger partial charge is 0.480 e. The first-order valence-electron chi connectivity index (χ1n) is 10.5. The Labute approximate surface area is 190 Å². The van der Waals surface area contributed by atoms with Gasteiger partial charge in [-0.25, -0.2) is 0 Å². The van der Waals surface area contributed by atoms with Gasteiger partial charge in [0.1, 0.15) is 6.04 Å². The third-order valence-electron chi connectivity index (χ3n) is 6.12. The summed E-state index contributed by atoms with van der Waals surface area (Å²) in [4.78, 5) is 12.6. The van der Waals surface area contributed by atoms with Crippen LogP contribution in [0.5, 0.6) is 0 Å². The summed E-state index contributed by atoms with van der Waals surface area (Å²) < 4.78 is 6.71. The Hall–Kier alpha value is -3.25. The normalized spacial score (nSPS) is 18.6. The molecule has 4 aromatic rings. The fraction of sp³-hybridized carbons (Fsp3) is 0.148. The number of thiophene rings is 1. The molecule has 1 aromatic heterocycles.